The molecule has 0 radical (unpaired) electrons. The van der Waals surface area contributed by atoms with E-state index in [1.165, 1.54) is 67.8 Å². The molecule has 31 heavy (non-hydrogen) atoms. The monoisotopic (exact) mass is 450 g/mol. The Bertz CT molecular complexity index is 1190. The van der Waals surface area contributed by atoms with Crippen molar-refractivity contribution >= 4 is 27.3 Å². The number of ether oxygens (including phenoxy) is 1. The molecule has 1 amide bonds. The molecule has 0 aliphatic heterocycles. The number of benzene rings is 3. The van der Waals surface area contributed by atoms with Gasteiger partial charge in [-0.2, -0.15) is 13.2 Å². The standard InChI is InChI=1S/C21H17F3N2O4S/c1-30-18-8-10-19(11-9-18)31(28,29)26-17-7-2-4-14(12-17)20(27)25-16-6-3-5-15(13-16)21(22,23)24/h2-13,26H,1H3,(H,25,27). The molecule has 0 saturated carbocycles. The van der Waals surface area contributed by atoms with E-state index in [-0.39, 0.29) is 21.8 Å². The van der Waals surface area contributed by atoms with Crippen molar-refractivity contribution in [2.24, 2.45) is 0 Å². The van der Waals surface area contributed by atoms with Gasteiger partial charge in [0.1, 0.15) is 5.75 Å². The van der Waals surface area contributed by atoms with Crippen molar-refractivity contribution in [2.75, 3.05) is 17.1 Å². The van der Waals surface area contributed by atoms with Crippen LogP contribution in [0.5, 0.6) is 5.75 Å². The number of alkyl halides is 3. The van der Waals surface area contributed by atoms with Crippen LogP contribution in [0.3, 0.4) is 0 Å². The number of amides is 1. The van der Waals surface area contributed by atoms with Crippen LogP contribution in [0.1, 0.15) is 15.9 Å². The summed E-state index contributed by atoms with van der Waals surface area (Å²) in [4.78, 5) is 12.4. The van der Waals surface area contributed by atoms with Crippen LogP contribution in [0.15, 0.2) is 77.7 Å². The van der Waals surface area contributed by atoms with Gasteiger partial charge >= 0.3 is 6.18 Å². The average molecular weight is 450 g/mol. The average Bonchev–Trinajstić information content (AvgIpc) is 2.73. The van der Waals surface area contributed by atoms with Gasteiger partial charge < -0.3 is 10.1 Å². The van der Waals surface area contributed by atoms with E-state index >= 15 is 0 Å². The summed E-state index contributed by atoms with van der Waals surface area (Å²) in [7, 11) is -2.47. The number of methoxy groups -OCH3 is 1. The maximum Gasteiger partial charge on any atom is 0.416 e. The van der Waals surface area contributed by atoms with Crippen LogP contribution in [0.4, 0.5) is 24.5 Å². The van der Waals surface area contributed by atoms with Gasteiger partial charge in [0, 0.05) is 16.9 Å². The predicted octanol–water partition coefficient (Wildman–Crippen LogP) is 4.77. The number of nitrogens with one attached hydrogen (secondary N) is 2. The molecule has 2 N–H and O–H groups in total. The maximum absolute atomic E-state index is 12.8. The number of rotatable bonds is 6. The number of halogens is 3. The second-order valence-electron chi connectivity index (χ2n) is 6.39. The van der Waals surface area contributed by atoms with Crippen molar-refractivity contribution in [3.8, 4) is 5.75 Å². The lowest BCUT2D eigenvalue weighted by atomic mass is 10.1. The van der Waals surface area contributed by atoms with Crippen molar-refractivity contribution in [3.05, 3.63) is 83.9 Å². The molecular formula is C21H17F3N2O4S. The van der Waals surface area contributed by atoms with Gasteiger partial charge in [-0.05, 0) is 60.7 Å². The second-order valence-corrected chi connectivity index (χ2v) is 8.08. The first kappa shape index (κ1) is 22.2. The van der Waals surface area contributed by atoms with E-state index in [9.17, 15) is 26.4 Å². The molecule has 0 unspecified atom stereocenters. The Hall–Kier alpha value is -3.53. The van der Waals surface area contributed by atoms with Crippen LogP contribution in [0.2, 0.25) is 0 Å². The molecule has 0 spiro atoms. The fraction of sp³-hybridized carbons (Fsp3) is 0.0952. The number of carbonyl (C=O) groups is 1. The van der Waals surface area contributed by atoms with E-state index in [1.54, 1.807) is 0 Å². The number of carbonyl (C=O) groups excluding carboxylic acids is 1. The topological polar surface area (TPSA) is 84.5 Å². The largest absolute Gasteiger partial charge is 0.497 e. The number of anilines is 2. The molecule has 0 aliphatic carbocycles. The number of hydrogen-bond acceptors (Lipinski definition) is 4. The van der Waals surface area contributed by atoms with Gasteiger partial charge in [0.25, 0.3) is 15.9 Å². The van der Waals surface area contributed by atoms with Crippen LogP contribution < -0.4 is 14.8 Å². The van der Waals surface area contributed by atoms with E-state index in [0.717, 1.165) is 12.1 Å². The minimum Gasteiger partial charge on any atom is -0.497 e. The highest BCUT2D eigenvalue weighted by Crippen LogP contribution is 2.30. The Balaban J connectivity index is 1.77. The predicted molar refractivity (Wildman–Crippen MR) is 110 cm³/mol. The molecule has 162 valence electrons. The van der Waals surface area contributed by atoms with Crippen molar-refractivity contribution in [2.45, 2.75) is 11.1 Å². The van der Waals surface area contributed by atoms with Gasteiger partial charge in [-0.25, -0.2) is 8.42 Å². The van der Waals surface area contributed by atoms with Crippen LogP contribution >= 0.6 is 0 Å². The van der Waals surface area contributed by atoms with Gasteiger partial charge in [0.05, 0.1) is 17.6 Å². The molecule has 3 rings (SSSR count). The van der Waals surface area contributed by atoms with Crippen molar-refractivity contribution in [1.82, 2.24) is 0 Å². The zero-order valence-corrected chi connectivity index (χ0v) is 16.9. The maximum atomic E-state index is 12.8. The van der Waals surface area contributed by atoms with Gasteiger partial charge in [-0.1, -0.05) is 12.1 Å². The smallest absolute Gasteiger partial charge is 0.416 e. The highest BCUT2D eigenvalue weighted by atomic mass is 32.2. The Labute approximate surface area is 176 Å². The summed E-state index contributed by atoms with van der Waals surface area (Å²) in [6.45, 7) is 0. The van der Waals surface area contributed by atoms with E-state index in [1.807, 2.05) is 0 Å². The molecule has 3 aromatic rings. The zero-order chi connectivity index (χ0) is 22.6. The van der Waals surface area contributed by atoms with Crippen molar-refractivity contribution in [3.63, 3.8) is 0 Å². The molecule has 10 heteroatoms. The lowest BCUT2D eigenvalue weighted by Crippen LogP contribution is -2.15. The Kier molecular flexibility index (Phi) is 6.21. The summed E-state index contributed by atoms with van der Waals surface area (Å²) in [5, 5.41) is 2.38. The minimum absolute atomic E-state index is 0.00730. The van der Waals surface area contributed by atoms with E-state index < -0.39 is 27.7 Å². The first-order chi connectivity index (χ1) is 14.6. The van der Waals surface area contributed by atoms with Crippen LogP contribution in [-0.2, 0) is 16.2 Å². The van der Waals surface area contributed by atoms with Crippen LogP contribution in [0, 0.1) is 0 Å². The molecule has 0 bridgehead atoms. The third kappa shape index (κ3) is 5.54. The molecule has 0 atom stereocenters. The zero-order valence-electron chi connectivity index (χ0n) is 16.1. The third-order valence-corrected chi connectivity index (χ3v) is 5.59. The van der Waals surface area contributed by atoms with Crippen molar-refractivity contribution < 1.29 is 31.1 Å². The molecule has 0 heterocycles. The van der Waals surface area contributed by atoms with Gasteiger partial charge in [-0.15, -0.1) is 0 Å². The van der Waals surface area contributed by atoms with E-state index in [2.05, 4.69) is 10.0 Å². The Morgan fingerprint density at radius 3 is 2.19 bits per heavy atom. The first-order valence-corrected chi connectivity index (χ1v) is 10.3. The van der Waals surface area contributed by atoms with Gasteiger partial charge in [0.2, 0.25) is 0 Å². The van der Waals surface area contributed by atoms with Crippen LogP contribution in [0.25, 0.3) is 0 Å². The van der Waals surface area contributed by atoms with Gasteiger partial charge in [0.15, 0.2) is 0 Å². The fourth-order valence-corrected chi connectivity index (χ4v) is 3.72. The quantitative estimate of drug-likeness (QED) is 0.567. The van der Waals surface area contributed by atoms with E-state index in [0.29, 0.717) is 5.75 Å². The second kappa shape index (κ2) is 8.68. The minimum atomic E-state index is -4.54. The number of hydrogen-bond donors (Lipinski definition) is 2. The summed E-state index contributed by atoms with van der Waals surface area (Å²) in [5.41, 5.74) is -0.754. The summed E-state index contributed by atoms with van der Waals surface area (Å²) < 4.78 is 71.0. The molecule has 0 aliphatic rings. The SMILES string of the molecule is COc1ccc(S(=O)(=O)Nc2cccc(C(=O)Nc3cccc(C(F)(F)F)c3)c2)cc1. The highest BCUT2D eigenvalue weighted by molar-refractivity contribution is 7.92. The fourth-order valence-electron chi connectivity index (χ4n) is 2.67. The Morgan fingerprint density at radius 2 is 1.55 bits per heavy atom. The van der Waals surface area contributed by atoms with Crippen molar-refractivity contribution in [1.29, 1.82) is 0 Å². The molecular weight excluding hydrogens is 433 g/mol. The van der Waals surface area contributed by atoms with Gasteiger partial charge in [-0.3, -0.25) is 9.52 Å². The van der Waals surface area contributed by atoms with E-state index in [4.69, 9.17) is 4.74 Å². The summed E-state index contributed by atoms with van der Waals surface area (Å²) in [5.74, 6) is -0.197. The van der Waals surface area contributed by atoms with Crippen LogP contribution in [-0.4, -0.2) is 21.4 Å². The molecule has 6 nitrogen and oxygen atoms in total. The Morgan fingerprint density at radius 1 is 0.903 bits per heavy atom. The summed E-state index contributed by atoms with van der Waals surface area (Å²) in [6, 6.07) is 15.5. The normalized spacial score (nSPS) is 11.6. The summed E-state index contributed by atoms with van der Waals surface area (Å²) in [6.07, 6.45) is -4.54. The molecule has 0 aromatic heterocycles. The third-order valence-electron chi connectivity index (χ3n) is 4.19. The lowest BCUT2D eigenvalue weighted by Gasteiger charge is -2.11. The number of sulfonamides is 1. The lowest BCUT2D eigenvalue weighted by molar-refractivity contribution is -0.137. The molecule has 3 aromatic carbocycles. The summed E-state index contributed by atoms with van der Waals surface area (Å²) >= 11 is 0. The molecule has 0 fully saturated rings. The highest BCUT2D eigenvalue weighted by Gasteiger charge is 2.30. The molecule has 0 saturated heterocycles. The first-order valence-electron chi connectivity index (χ1n) is 8.84.